The molecular formula is C44H48N2O8S2. The SMILES string of the molecule is COc1ccc([C@@H]2Sc3ccccc3N(CCCCCCCCN3C(=O)[C@H](OC(C)=O)[C@H](c4ccc(OC)cc4)Sc4ccccc43)C(=O)[C@@H]2OC(C)=O)cc1. The summed E-state index contributed by atoms with van der Waals surface area (Å²) in [6.07, 6.45) is 3.28. The molecule has 2 amide bonds. The number of unbranched alkanes of at least 4 members (excludes halogenated alkanes) is 5. The number of amides is 2. The number of esters is 2. The van der Waals surface area contributed by atoms with Crippen molar-refractivity contribution in [2.75, 3.05) is 37.1 Å². The Morgan fingerprint density at radius 2 is 0.893 bits per heavy atom. The first-order valence-electron chi connectivity index (χ1n) is 18.9. The number of rotatable bonds is 15. The molecule has 4 aromatic rings. The molecule has 0 N–H and O–H groups in total. The third kappa shape index (κ3) is 9.70. The molecule has 0 fully saturated rings. The van der Waals surface area contributed by atoms with Crippen LogP contribution in [0.15, 0.2) is 107 Å². The maximum Gasteiger partial charge on any atom is 0.303 e. The van der Waals surface area contributed by atoms with Gasteiger partial charge in [0, 0.05) is 36.7 Å². The minimum Gasteiger partial charge on any atom is -0.497 e. The lowest BCUT2D eigenvalue weighted by atomic mass is 10.0. The Balaban J connectivity index is 1.07. The van der Waals surface area contributed by atoms with Gasteiger partial charge in [-0.3, -0.25) is 19.2 Å². The third-order valence-corrected chi connectivity index (χ3v) is 12.6. The molecule has 0 spiro atoms. The molecule has 0 aromatic heterocycles. The van der Waals surface area contributed by atoms with Crippen molar-refractivity contribution in [3.63, 3.8) is 0 Å². The van der Waals surface area contributed by atoms with Crippen LogP contribution in [0.25, 0.3) is 0 Å². The van der Waals surface area contributed by atoms with Gasteiger partial charge in [0.2, 0.25) is 0 Å². The van der Waals surface area contributed by atoms with E-state index in [0.717, 1.165) is 70.8 Å². The van der Waals surface area contributed by atoms with Crippen LogP contribution in [0.3, 0.4) is 0 Å². The summed E-state index contributed by atoms with van der Waals surface area (Å²) >= 11 is 3.06. The van der Waals surface area contributed by atoms with Crippen molar-refractivity contribution in [3.8, 4) is 11.5 Å². The van der Waals surface area contributed by atoms with Gasteiger partial charge in [-0.1, -0.05) is 74.2 Å². The largest absolute Gasteiger partial charge is 0.497 e. The number of methoxy groups -OCH3 is 2. The number of benzene rings is 4. The van der Waals surface area contributed by atoms with Gasteiger partial charge in [-0.25, -0.2) is 0 Å². The lowest BCUT2D eigenvalue weighted by molar-refractivity contribution is -0.153. The number of fused-ring (bicyclic) bond motifs is 2. The molecule has 2 aliphatic rings. The van der Waals surface area contributed by atoms with E-state index in [1.165, 1.54) is 37.4 Å². The van der Waals surface area contributed by atoms with Crippen LogP contribution in [-0.2, 0) is 28.7 Å². The molecule has 10 nitrogen and oxygen atoms in total. The van der Waals surface area contributed by atoms with E-state index in [9.17, 15) is 19.2 Å². The zero-order valence-corrected chi connectivity index (χ0v) is 33.8. The fourth-order valence-corrected chi connectivity index (χ4v) is 9.76. The molecule has 294 valence electrons. The number of anilines is 2. The van der Waals surface area contributed by atoms with E-state index < -0.39 is 34.6 Å². The van der Waals surface area contributed by atoms with Crippen LogP contribution < -0.4 is 19.3 Å². The number of carbonyl (C=O) groups is 4. The molecule has 0 unspecified atom stereocenters. The van der Waals surface area contributed by atoms with Gasteiger partial charge in [-0.2, -0.15) is 0 Å². The van der Waals surface area contributed by atoms with Crippen LogP contribution in [0.4, 0.5) is 11.4 Å². The van der Waals surface area contributed by atoms with Crippen LogP contribution in [0.1, 0.15) is 74.0 Å². The lowest BCUT2D eigenvalue weighted by Crippen LogP contribution is -2.43. The third-order valence-electron chi connectivity index (χ3n) is 9.88. The highest BCUT2D eigenvalue weighted by Crippen LogP contribution is 2.48. The van der Waals surface area contributed by atoms with Gasteiger partial charge < -0.3 is 28.7 Å². The Bertz CT molecular complexity index is 1850. The molecule has 2 aliphatic heterocycles. The molecule has 0 aliphatic carbocycles. The second-order valence-corrected chi connectivity index (χ2v) is 16.1. The van der Waals surface area contributed by atoms with Crippen molar-refractivity contribution in [1.82, 2.24) is 0 Å². The number of hydrogen-bond acceptors (Lipinski definition) is 10. The molecular weight excluding hydrogens is 749 g/mol. The number of carbonyl (C=O) groups excluding carboxylic acids is 4. The summed E-state index contributed by atoms with van der Waals surface area (Å²) in [5, 5.41) is -0.856. The molecule has 0 saturated carbocycles. The second kappa shape index (κ2) is 19.3. The Morgan fingerprint density at radius 3 is 1.25 bits per heavy atom. The summed E-state index contributed by atoms with van der Waals surface area (Å²) in [5.41, 5.74) is 3.38. The van der Waals surface area contributed by atoms with Crippen molar-refractivity contribution in [3.05, 3.63) is 108 Å². The van der Waals surface area contributed by atoms with Crippen LogP contribution in [-0.4, -0.2) is 63.3 Å². The van der Waals surface area contributed by atoms with E-state index in [4.69, 9.17) is 18.9 Å². The highest BCUT2D eigenvalue weighted by atomic mass is 32.2. The van der Waals surface area contributed by atoms with E-state index in [2.05, 4.69) is 0 Å². The Kier molecular flexibility index (Phi) is 14.0. The van der Waals surface area contributed by atoms with Crippen LogP contribution in [0, 0.1) is 0 Å². The maximum atomic E-state index is 14.2. The summed E-state index contributed by atoms with van der Waals surface area (Å²) in [5.74, 6) is -0.0682. The van der Waals surface area contributed by atoms with Gasteiger partial charge >= 0.3 is 11.9 Å². The number of nitrogens with zero attached hydrogens (tertiary/aromatic N) is 2. The molecule has 2 heterocycles. The van der Waals surface area contributed by atoms with Crippen molar-refractivity contribution < 1.29 is 38.1 Å². The summed E-state index contributed by atoms with van der Waals surface area (Å²) < 4.78 is 22.2. The average molecular weight is 797 g/mol. The quantitative estimate of drug-likeness (QED) is 0.0854. The predicted molar refractivity (Wildman–Crippen MR) is 220 cm³/mol. The summed E-state index contributed by atoms with van der Waals surface area (Å²) in [6, 6.07) is 30.7. The number of para-hydroxylation sites is 2. The van der Waals surface area contributed by atoms with Gasteiger partial charge in [0.1, 0.15) is 11.5 Å². The maximum absolute atomic E-state index is 14.2. The first-order chi connectivity index (χ1) is 27.2. The van der Waals surface area contributed by atoms with Crippen LogP contribution >= 0.6 is 23.5 Å². The van der Waals surface area contributed by atoms with Crippen molar-refractivity contribution >= 4 is 58.7 Å². The monoisotopic (exact) mass is 796 g/mol. The topological polar surface area (TPSA) is 112 Å². The minimum atomic E-state index is -0.990. The Labute approximate surface area is 337 Å². The predicted octanol–water partition coefficient (Wildman–Crippen LogP) is 8.97. The summed E-state index contributed by atoms with van der Waals surface area (Å²) in [4.78, 5) is 58.4. The second-order valence-electron chi connectivity index (χ2n) is 13.7. The molecule has 4 atom stereocenters. The van der Waals surface area contributed by atoms with E-state index in [1.807, 2.05) is 97.1 Å². The zero-order chi connectivity index (χ0) is 39.6. The van der Waals surface area contributed by atoms with Gasteiger partial charge in [-0.05, 0) is 72.5 Å². The highest BCUT2D eigenvalue weighted by molar-refractivity contribution is 8.00. The molecule has 0 radical (unpaired) electrons. The molecule has 4 aromatic carbocycles. The first-order valence-corrected chi connectivity index (χ1v) is 20.7. The fourth-order valence-electron chi connectivity index (χ4n) is 7.12. The zero-order valence-electron chi connectivity index (χ0n) is 32.2. The number of ether oxygens (including phenoxy) is 4. The summed E-state index contributed by atoms with van der Waals surface area (Å²) in [6.45, 7) is 3.66. The van der Waals surface area contributed by atoms with Gasteiger partial charge in [0.25, 0.3) is 11.8 Å². The van der Waals surface area contributed by atoms with Gasteiger partial charge in [-0.15, -0.1) is 23.5 Å². The molecule has 0 saturated heterocycles. The van der Waals surface area contributed by atoms with Crippen molar-refractivity contribution in [2.45, 2.75) is 84.9 Å². The minimum absolute atomic E-state index is 0.236. The van der Waals surface area contributed by atoms with E-state index in [1.54, 1.807) is 24.0 Å². The van der Waals surface area contributed by atoms with Crippen molar-refractivity contribution in [1.29, 1.82) is 0 Å². The average Bonchev–Trinajstić information content (AvgIpc) is 3.39. The Hall–Kier alpha value is -4.94. The molecule has 6 rings (SSSR count). The van der Waals surface area contributed by atoms with E-state index >= 15 is 0 Å². The van der Waals surface area contributed by atoms with Gasteiger partial charge in [0.15, 0.2) is 12.2 Å². The van der Waals surface area contributed by atoms with Crippen LogP contribution in [0.5, 0.6) is 11.5 Å². The molecule has 56 heavy (non-hydrogen) atoms. The normalized spacial score (nSPS) is 19.3. The standard InChI is InChI=1S/C44H48N2O8S2/c1-29(47)53-39-41(31-19-23-33(51-3)24-20-31)55-37-17-11-9-15-35(37)45(43(39)49)27-13-7-5-6-8-14-28-46-36-16-10-12-18-38(36)56-42(40(44(46)50)54-30(2)48)32-21-25-34(52-4)26-22-32/h9-12,15-26,39-42H,5-8,13-14,27-28H2,1-4H3/t39-,40-,41+,42+/m1/s1. The summed E-state index contributed by atoms with van der Waals surface area (Å²) in [7, 11) is 3.21. The first kappa shape index (κ1) is 40.7. The molecule has 0 bridgehead atoms. The highest BCUT2D eigenvalue weighted by Gasteiger charge is 2.42. The van der Waals surface area contributed by atoms with Crippen molar-refractivity contribution in [2.24, 2.45) is 0 Å². The van der Waals surface area contributed by atoms with E-state index in [-0.39, 0.29) is 11.8 Å². The smallest absolute Gasteiger partial charge is 0.303 e. The lowest BCUT2D eigenvalue weighted by Gasteiger charge is -2.28. The Morgan fingerprint density at radius 1 is 0.536 bits per heavy atom. The number of thioether (sulfide) groups is 2. The van der Waals surface area contributed by atoms with Crippen LogP contribution in [0.2, 0.25) is 0 Å². The molecule has 12 heteroatoms. The fraction of sp³-hybridized carbons (Fsp3) is 0.364. The number of hydrogen-bond donors (Lipinski definition) is 0. The van der Waals surface area contributed by atoms with Gasteiger partial charge in [0.05, 0.1) is 36.1 Å². The van der Waals surface area contributed by atoms with E-state index in [0.29, 0.717) is 24.6 Å².